The van der Waals surface area contributed by atoms with Crippen LogP contribution in [0.3, 0.4) is 0 Å². The van der Waals surface area contributed by atoms with E-state index in [2.05, 4.69) is 25.7 Å². The lowest BCUT2D eigenvalue weighted by atomic mass is 10.0. The smallest absolute Gasteiger partial charge is 0.420 e. The van der Waals surface area contributed by atoms with Crippen molar-refractivity contribution >= 4 is 8.32 Å². The molecule has 6 heteroatoms. The molecule has 0 radical (unpaired) electrons. The van der Waals surface area contributed by atoms with Crippen LogP contribution in [0, 0.1) is 23.2 Å². The summed E-state index contributed by atoms with van der Waals surface area (Å²) in [5.74, 6) is 0.666. The van der Waals surface area contributed by atoms with Gasteiger partial charge in [-0.1, -0.05) is 0 Å². The van der Waals surface area contributed by atoms with Crippen LogP contribution in [-0.4, -0.2) is 13.9 Å². The van der Waals surface area contributed by atoms with E-state index in [9.17, 15) is 0 Å². The van der Waals surface area contributed by atoms with Crippen molar-refractivity contribution in [3.63, 3.8) is 0 Å². The number of nitriles is 1. The highest BCUT2D eigenvalue weighted by atomic mass is 28.4. The van der Waals surface area contributed by atoms with Crippen molar-refractivity contribution in [2.24, 2.45) is 0 Å². The summed E-state index contributed by atoms with van der Waals surface area (Å²) in [4.78, 5) is 0. The highest BCUT2D eigenvalue weighted by molar-refractivity contribution is 6.69. The lowest BCUT2D eigenvalue weighted by Gasteiger charge is -2.14. The predicted molar refractivity (Wildman–Crippen MR) is 69.9 cm³/mol. The van der Waals surface area contributed by atoms with Crippen molar-refractivity contribution in [1.29, 1.82) is 10.5 Å². The maximum Gasteiger partial charge on any atom is 0.420 e. The molecule has 19 heavy (non-hydrogen) atoms. The normalized spacial score (nSPS) is 20.3. The Kier molecular flexibility index (Phi) is 4.18. The second kappa shape index (κ2) is 5.29. The fourth-order valence-electron chi connectivity index (χ4n) is 1.81. The number of pyridine rings is 1. The van der Waals surface area contributed by atoms with Crippen LogP contribution < -0.4 is 14.0 Å². The summed E-state index contributed by atoms with van der Waals surface area (Å²) in [5, 5.41) is 15.4. The average molecular weight is 275 g/mol. The van der Waals surface area contributed by atoms with Gasteiger partial charge in [0.25, 0.3) is 0 Å². The highest BCUT2D eigenvalue weighted by Crippen LogP contribution is 2.31. The summed E-state index contributed by atoms with van der Waals surface area (Å²) in [7, 11) is -1.70. The van der Waals surface area contributed by atoms with E-state index in [4.69, 9.17) is 26.4 Å². The number of fused-ring (bicyclic) bond motifs is 1. The van der Waals surface area contributed by atoms with Crippen LogP contribution in [0.25, 0.3) is 0 Å². The molecule has 0 N–H and O–H groups in total. The van der Waals surface area contributed by atoms with Crippen molar-refractivity contribution in [1.82, 2.24) is 0 Å². The van der Waals surface area contributed by atoms with Crippen molar-refractivity contribution in [2.45, 2.75) is 38.6 Å². The Labute approximate surface area is 114 Å². The van der Waals surface area contributed by atoms with Crippen LogP contribution in [0.1, 0.15) is 12.5 Å². The van der Waals surface area contributed by atoms with Crippen LogP contribution in [0.4, 0.5) is 0 Å². The van der Waals surface area contributed by atoms with Gasteiger partial charge in [0.15, 0.2) is 0 Å². The lowest BCUT2D eigenvalue weighted by molar-refractivity contribution is -0.865. The van der Waals surface area contributed by atoms with Gasteiger partial charge in [0.05, 0.1) is 5.56 Å². The van der Waals surface area contributed by atoms with E-state index in [1.807, 2.05) is 18.3 Å². The van der Waals surface area contributed by atoms with E-state index >= 15 is 0 Å². The lowest BCUT2D eigenvalue weighted by Crippen LogP contribution is -2.55. The first-order valence-corrected chi connectivity index (χ1v) is 9.29. The third-order valence-electron chi connectivity index (χ3n) is 2.45. The molecule has 0 spiro atoms. The Morgan fingerprint density at radius 3 is 2.63 bits per heavy atom. The van der Waals surface area contributed by atoms with Gasteiger partial charge in [0.1, 0.15) is 6.07 Å². The highest BCUT2D eigenvalue weighted by Gasteiger charge is 2.42. The third kappa shape index (κ3) is 3.46. The van der Waals surface area contributed by atoms with Gasteiger partial charge in [0, 0.05) is 17.2 Å². The number of ether oxygens (including phenoxy) is 1. The van der Waals surface area contributed by atoms with Crippen LogP contribution in [-0.2, 0) is 6.42 Å². The molecule has 0 saturated heterocycles. The van der Waals surface area contributed by atoms with Crippen molar-refractivity contribution in [3.05, 3.63) is 30.5 Å². The van der Waals surface area contributed by atoms with E-state index in [1.165, 1.54) is 0 Å². The Balaban J connectivity index is 0.000000861. The van der Waals surface area contributed by atoms with Crippen molar-refractivity contribution in [3.8, 4) is 11.9 Å². The van der Waals surface area contributed by atoms with Gasteiger partial charge in [-0.05, 0) is 32.6 Å². The molecule has 0 fully saturated rings. The first-order chi connectivity index (χ1) is 8.83. The minimum Gasteiger partial charge on any atom is -0.512 e. The molecule has 1 atom stereocenters. The molecular weight excluding hydrogens is 258 g/mol. The van der Waals surface area contributed by atoms with Gasteiger partial charge in [-0.3, -0.25) is 0 Å². The third-order valence-corrected chi connectivity index (χ3v) is 3.20. The molecule has 0 aliphatic carbocycles. The fourth-order valence-corrected chi connectivity index (χ4v) is 2.54. The summed E-state index contributed by atoms with van der Waals surface area (Å²) in [6.07, 6.45) is 2.44. The van der Waals surface area contributed by atoms with Crippen LogP contribution >= 0.6 is 0 Å². The molecule has 0 bridgehead atoms. The van der Waals surface area contributed by atoms with Crippen LogP contribution in [0.5, 0.6) is 5.88 Å². The maximum absolute atomic E-state index is 9.10. The molecule has 0 amide bonds. The van der Waals surface area contributed by atoms with Crippen molar-refractivity contribution in [2.75, 3.05) is 0 Å². The quantitative estimate of drug-likeness (QED) is 0.466. The zero-order chi connectivity index (χ0) is 14.7. The Morgan fingerprint density at radius 2 is 2.11 bits per heavy atom. The first kappa shape index (κ1) is 15.0. The second-order valence-corrected chi connectivity index (χ2v) is 9.90. The summed E-state index contributed by atoms with van der Waals surface area (Å²) < 4.78 is 13.3. The summed E-state index contributed by atoms with van der Waals surface area (Å²) >= 11 is 0. The number of rotatable bonds is 2. The van der Waals surface area contributed by atoms with Gasteiger partial charge in [-0.2, -0.15) is 5.26 Å². The monoisotopic (exact) mass is 275 g/mol. The minimum atomic E-state index is -1.70. The summed E-state index contributed by atoms with van der Waals surface area (Å²) in [6.45, 7) is 12.9. The van der Waals surface area contributed by atoms with E-state index in [-0.39, 0.29) is 0 Å². The number of nitrogens with zero attached hydrogens (tertiary/aromatic N) is 3. The van der Waals surface area contributed by atoms with E-state index < -0.39 is 13.9 Å². The fraction of sp³-hybridized carbons (Fsp3) is 0.462. The number of hydrogen-bond donors (Lipinski definition) is 0. The largest absolute Gasteiger partial charge is 0.512 e. The molecule has 1 aliphatic rings. The molecule has 0 aromatic carbocycles. The van der Waals surface area contributed by atoms with Gasteiger partial charge < -0.3 is 21.1 Å². The Morgan fingerprint density at radius 1 is 1.47 bits per heavy atom. The topological polar surface area (TPSA) is 69.9 Å². The molecule has 2 heterocycles. The molecule has 2 rings (SSSR count). The van der Waals surface area contributed by atoms with E-state index in [1.54, 1.807) is 11.7 Å². The molecule has 1 aromatic heterocycles. The molecule has 100 valence electrons. The van der Waals surface area contributed by atoms with Gasteiger partial charge in [-0.25, -0.2) is 0 Å². The predicted octanol–water partition coefficient (Wildman–Crippen LogP) is 1.55. The minimum absolute atomic E-state index is 0.606. The number of hydrogen-bond acceptors (Lipinski definition) is 4. The average Bonchev–Trinajstić information content (AvgIpc) is 2.69. The van der Waals surface area contributed by atoms with Gasteiger partial charge in [0.2, 0.25) is 11.8 Å². The van der Waals surface area contributed by atoms with Crippen LogP contribution in [0.15, 0.2) is 18.3 Å². The van der Waals surface area contributed by atoms with Gasteiger partial charge in [-0.15, -0.1) is 0 Å². The standard InChI is InChI=1S/C12H17N2O2Si.CN/c1-12(9-13)8-10-6-5-7-14(11(10)15-12)16-17(2,3)4;1-2/h5-7H,8H2,1-4H3;/q+1;-1. The SMILES string of the molecule is CC1(C#N)Cc2ccc[n+](O[Si](C)(C)C)c2O1.[C-]#N. The number of aromatic nitrogens is 1. The maximum atomic E-state index is 9.10. The summed E-state index contributed by atoms with van der Waals surface area (Å²) in [5.41, 5.74) is 0.253. The Hall–Kier alpha value is -2.05. The van der Waals surface area contributed by atoms with E-state index in [0.717, 1.165) is 5.56 Å². The van der Waals surface area contributed by atoms with Crippen LogP contribution in [0.2, 0.25) is 19.6 Å². The summed E-state index contributed by atoms with van der Waals surface area (Å²) in [6, 6.07) is 6.09. The molecule has 1 aliphatic heterocycles. The Bertz CT molecular complexity index is 531. The van der Waals surface area contributed by atoms with E-state index in [0.29, 0.717) is 12.3 Å². The molecule has 1 aromatic rings. The first-order valence-electron chi connectivity index (χ1n) is 5.89. The molecule has 5 nitrogen and oxygen atoms in total. The second-order valence-electron chi connectivity index (χ2n) is 5.49. The van der Waals surface area contributed by atoms with Crippen molar-refractivity contribution < 1.29 is 14.0 Å². The molecule has 0 saturated carbocycles. The zero-order valence-corrected chi connectivity index (χ0v) is 12.6. The molecular formula is C13H17N3O2Si. The van der Waals surface area contributed by atoms with Gasteiger partial charge >= 0.3 is 14.2 Å². The zero-order valence-electron chi connectivity index (χ0n) is 11.6. The molecule has 1 unspecified atom stereocenters.